The molecule has 0 heterocycles. The number of hydrogen-bond acceptors (Lipinski definition) is 2. The van der Waals surface area contributed by atoms with Gasteiger partial charge in [0.15, 0.2) is 0 Å². The summed E-state index contributed by atoms with van der Waals surface area (Å²) in [6.45, 7) is 3.98. The predicted molar refractivity (Wildman–Crippen MR) is 45.9 cm³/mol. The Morgan fingerprint density at radius 2 is 2.00 bits per heavy atom. The van der Waals surface area contributed by atoms with Crippen molar-refractivity contribution < 1.29 is 8.42 Å². The van der Waals surface area contributed by atoms with Crippen LogP contribution in [0.3, 0.4) is 0 Å². The molecule has 0 aromatic carbocycles. The normalized spacial score (nSPS) is 14.8. The number of nitrogens with zero attached hydrogens (tertiary/aromatic N) is 1. The topological polar surface area (TPSA) is 48.2 Å². The molecule has 0 amide bonds. The Hall–Kier alpha value is -0.0900. The molecule has 0 aromatic heterocycles. The second kappa shape index (κ2) is 4.72. The average Bonchev–Trinajstić information content (AvgIpc) is 1.87. The van der Waals surface area contributed by atoms with Crippen molar-refractivity contribution in [1.29, 1.82) is 0 Å². The van der Waals surface area contributed by atoms with Crippen LogP contribution < -0.4 is 4.72 Å². The van der Waals surface area contributed by atoms with Gasteiger partial charge in [-0.15, -0.1) is 4.72 Å². The SMILES string of the molecule is CCCC(C)CS(=O)(=O)[N]C. The highest BCUT2D eigenvalue weighted by Crippen LogP contribution is 2.07. The summed E-state index contributed by atoms with van der Waals surface area (Å²) in [7, 11) is -1.79. The Morgan fingerprint density at radius 1 is 1.45 bits per heavy atom. The van der Waals surface area contributed by atoms with E-state index in [2.05, 4.69) is 4.72 Å². The van der Waals surface area contributed by atoms with Gasteiger partial charge in [0.1, 0.15) is 0 Å². The largest absolute Gasteiger partial charge is 0.227 e. The fourth-order valence-corrected chi connectivity index (χ4v) is 2.05. The van der Waals surface area contributed by atoms with Crippen molar-refractivity contribution in [3.8, 4) is 0 Å². The highest BCUT2D eigenvalue weighted by molar-refractivity contribution is 7.89. The summed E-state index contributed by atoms with van der Waals surface area (Å²) in [5.74, 6) is 0.422. The van der Waals surface area contributed by atoms with Gasteiger partial charge in [0.2, 0.25) is 10.0 Å². The van der Waals surface area contributed by atoms with Gasteiger partial charge in [-0.3, -0.25) is 0 Å². The quantitative estimate of drug-likeness (QED) is 0.630. The van der Waals surface area contributed by atoms with Gasteiger partial charge >= 0.3 is 0 Å². The van der Waals surface area contributed by atoms with E-state index in [0.717, 1.165) is 12.8 Å². The van der Waals surface area contributed by atoms with Gasteiger partial charge in [-0.2, -0.15) is 0 Å². The van der Waals surface area contributed by atoms with E-state index in [1.807, 2.05) is 13.8 Å². The summed E-state index contributed by atoms with van der Waals surface area (Å²) >= 11 is 0. The van der Waals surface area contributed by atoms with Crippen molar-refractivity contribution in [3.05, 3.63) is 0 Å². The van der Waals surface area contributed by atoms with Gasteiger partial charge in [-0.05, 0) is 12.3 Å². The van der Waals surface area contributed by atoms with Crippen molar-refractivity contribution in [2.45, 2.75) is 26.7 Å². The zero-order chi connectivity index (χ0) is 8.91. The molecule has 0 fully saturated rings. The zero-order valence-corrected chi connectivity index (χ0v) is 8.19. The minimum absolute atomic E-state index is 0.192. The van der Waals surface area contributed by atoms with Crippen molar-refractivity contribution in [2.24, 2.45) is 5.92 Å². The molecular weight excluding hydrogens is 162 g/mol. The first-order valence-corrected chi connectivity index (χ1v) is 5.46. The van der Waals surface area contributed by atoms with E-state index < -0.39 is 10.0 Å². The van der Waals surface area contributed by atoms with Gasteiger partial charge < -0.3 is 0 Å². The lowest BCUT2D eigenvalue weighted by Crippen LogP contribution is -2.20. The van der Waals surface area contributed by atoms with Crippen LogP contribution in [-0.4, -0.2) is 21.2 Å². The predicted octanol–water partition coefficient (Wildman–Crippen LogP) is 0.987. The van der Waals surface area contributed by atoms with Gasteiger partial charge in [0.05, 0.1) is 5.75 Å². The van der Waals surface area contributed by atoms with Crippen LogP contribution in [0, 0.1) is 5.92 Å². The molecule has 0 bridgehead atoms. The van der Waals surface area contributed by atoms with Crippen LogP contribution in [0.4, 0.5) is 0 Å². The maximum atomic E-state index is 10.9. The van der Waals surface area contributed by atoms with Crippen LogP contribution in [0.15, 0.2) is 0 Å². The first-order chi connectivity index (χ1) is 5.02. The smallest absolute Gasteiger partial charge is 0.211 e. The maximum absolute atomic E-state index is 10.9. The summed E-state index contributed by atoms with van der Waals surface area (Å²) in [5, 5.41) is 0. The lowest BCUT2D eigenvalue weighted by atomic mass is 10.1. The monoisotopic (exact) mass is 178 g/mol. The molecule has 0 aromatic rings. The molecule has 0 spiro atoms. The molecule has 3 nitrogen and oxygen atoms in total. The highest BCUT2D eigenvalue weighted by Gasteiger charge is 2.13. The molecule has 0 rings (SSSR count). The lowest BCUT2D eigenvalue weighted by Gasteiger charge is -2.07. The highest BCUT2D eigenvalue weighted by atomic mass is 32.2. The first-order valence-electron chi connectivity index (χ1n) is 3.85. The maximum Gasteiger partial charge on any atom is 0.227 e. The Kier molecular flexibility index (Phi) is 4.68. The Labute approximate surface area is 69.2 Å². The Morgan fingerprint density at radius 3 is 2.36 bits per heavy atom. The van der Waals surface area contributed by atoms with Crippen molar-refractivity contribution >= 4 is 10.0 Å². The summed E-state index contributed by atoms with van der Waals surface area (Å²) in [6.07, 6.45) is 1.98. The van der Waals surface area contributed by atoms with E-state index in [9.17, 15) is 8.42 Å². The second-order valence-corrected chi connectivity index (χ2v) is 4.69. The fourth-order valence-electron chi connectivity index (χ4n) is 1.01. The van der Waals surface area contributed by atoms with Gasteiger partial charge in [-0.25, -0.2) is 8.42 Å². The zero-order valence-electron chi connectivity index (χ0n) is 7.37. The molecular formula is C7H16NO2S. The molecule has 0 N–H and O–H groups in total. The Bertz CT molecular complexity index is 187. The third-order valence-electron chi connectivity index (χ3n) is 1.55. The average molecular weight is 178 g/mol. The van der Waals surface area contributed by atoms with Crippen LogP contribution in [0.25, 0.3) is 0 Å². The molecule has 0 aliphatic carbocycles. The molecule has 1 radical (unpaired) electrons. The van der Waals surface area contributed by atoms with Gasteiger partial charge in [0, 0.05) is 7.05 Å². The van der Waals surface area contributed by atoms with E-state index >= 15 is 0 Å². The van der Waals surface area contributed by atoms with Gasteiger partial charge in [-0.1, -0.05) is 20.3 Å². The van der Waals surface area contributed by atoms with Crippen molar-refractivity contribution in [3.63, 3.8) is 0 Å². The lowest BCUT2D eigenvalue weighted by molar-refractivity contribution is 0.539. The second-order valence-electron chi connectivity index (χ2n) is 2.83. The van der Waals surface area contributed by atoms with E-state index in [-0.39, 0.29) is 11.7 Å². The Balaban J connectivity index is 3.84. The summed E-state index contributed by atoms with van der Waals surface area (Å²) in [5.41, 5.74) is 0. The van der Waals surface area contributed by atoms with E-state index in [1.54, 1.807) is 0 Å². The van der Waals surface area contributed by atoms with Crippen LogP contribution >= 0.6 is 0 Å². The molecule has 0 aliphatic rings. The molecule has 0 saturated heterocycles. The summed E-state index contributed by atoms with van der Waals surface area (Å²) in [6, 6.07) is 0. The molecule has 11 heavy (non-hydrogen) atoms. The van der Waals surface area contributed by atoms with Crippen molar-refractivity contribution in [1.82, 2.24) is 4.72 Å². The molecule has 1 atom stereocenters. The summed E-state index contributed by atoms with van der Waals surface area (Å²) in [4.78, 5) is 0. The van der Waals surface area contributed by atoms with Crippen LogP contribution in [0.1, 0.15) is 26.7 Å². The molecule has 0 aliphatic heterocycles. The third kappa shape index (κ3) is 5.21. The van der Waals surface area contributed by atoms with E-state index in [4.69, 9.17) is 0 Å². The third-order valence-corrected chi connectivity index (χ3v) is 3.10. The van der Waals surface area contributed by atoms with Crippen LogP contribution in [0.5, 0.6) is 0 Å². The van der Waals surface area contributed by atoms with Crippen LogP contribution in [-0.2, 0) is 10.0 Å². The number of hydrogen-bond donors (Lipinski definition) is 0. The minimum atomic E-state index is -3.12. The van der Waals surface area contributed by atoms with Crippen LogP contribution in [0.2, 0.25) is 0 Å². The number of sulfonamides is 1. The molecule has 67 valence electrons. The molecule has 4 heteroatoms. The standard InChI is InChI=1S/C7H16NO2S/c1-4-5-7(2)6-11(9,10)8-3/h7H,4-6H2,1-3H3. The fraction of sp³-hybridized carbons (Fsp3) is 1.00. The van der Waals surface area contributed by atoms with Gasteiger partial charge in [0.25, 0.3) is 0 Å². The first kappa shape index (κ1) is 10.9. The van der Waals surface area contributed by atoms with Crippen molar-refractivity contribution in [2.75, 3.05) is 12.8 Å². The molecule has 1 unspecified atom stereocenters. The summed E-state index contributed by atoms with van der Waals surface area (Å²) < 4.78 is 25.2. The van der Waals surface area contributed by atoms with E-state index in [1.165, 1.54) is 7.05 Å². The minimum Gasteiger partial charge on any atom is -0.211 e. The molecule has 0 saturated carbocycles. The van der Waals surface area contributed by atoms with E-state index in [0.29, 0.717) is 0 Å². The number of rotatable bonds is 5.